The molecular formula is C27H24N6OS. The molecule has 2 aromatic heterocycles. The summed E-state index contributed by atoms with van der Waals surface area (Å²) >= 11 is 1.57. The van der Waals surface area contributed by atoms with Gasteiger partial charge in [-0.05, 0) is 61.7 Å². The Morgan fingerprint density at radius 2 is 1.63 bits per heavy atom. The SMILES string of the molecule is Cc1cccc(C)c1-n1c(C)cs/c1=N\N=C\c1ccc(-c2ncn(-c3ccc(O)cc3)n2)cc1. The number of hydrogen-bond donors (Lipinski definition) is 1. The van der Waals surface area contributed by atoms with Crippen molar-refractivity contribution < 1.29 is 5.11 Å². The molecule has 0 radical (unpaired) electrons. The number of phenols is 1. The summed E-state index contributed by atoms with van der Waals surface area (Å²) in [5.74, 6) is 0.836. The number of aromatic hydroxyl groups is 1. The van der Waals surface area contributed by atoms with Crippen LogP contribution in [-0.4, -0.2) is 30.7 Å². The van der Waals surface area contributed by atoms with Gasteiger partial charge < -0.3 is 5.11 Å². The van der Waals surface area contributed by atoms with Gasteiger partial charge in [0.2, 0.25) is 4.80 Å². The van der Waals surface area contributed by atoms with Gasteiger partial charge in [0.1, 0.15) is 12.1 Å². The van der Waals surface area contributed by atoms with Gasteiger partial charge in [0.05, 0.1) is 17.6 Å². The highest BCUT2D eigenvalue weighted by atomic mass is 32.1. The fraction of sp³-hybridized carbons (Fsp3) is 0.111. The zero-order valence-corrected chi connectivity index (χ0v) is 20.4. The lowest BCUT2D eigenvalue weighted by Crippen LogP contribution is -2.16. The number of phenolic OH excluding ortho intramolecular Hbond substituents is 1. The first-order valence-electron chi connectivity index (χ1n) is 11.1. The van der Waals surface area contributed by atoms with Gasteiger partial charge in [-0.3, -0.25) is 4.57 Å². The lowest BCUT2D eigenvalue weighted by Gasteiger charge is -2.12. The Labute approximate surface area is 207 Å². The molecule has 0 saturated carbocycles. The van der Waals surface area contributed by atoms with Crippen LogP contribution in [0.25, 0.3) is 22.8 Å². The summed E-state index contributed by atoms with van der Waals surface area (Å²) < 4.78 is 3.84. The molecule has 0 unspecified atom stereocenters. The number of thiazole rings is 1. The number of benzene rings is 3. The average Bonchev–Trinajstić information content (AvgIpc) is 3.48. The van der Waals surface area contributed by atoms with E-state index in [0.29, 0.717) is 5.82 Å². The second kappa shape index (κ2) is 9.52. The molecule has 8 heteroatoms. The lowest BCUT2D eigenvalue weighted by atomic mass is 10.1. The fourth-order valence-corrected chi connectivity index (χ4v) is 4.70. The van der Waals surface area contributed by atoms with Crippen LogP contribution >= 0.6 is 11.3 Å². The van der Waals surface area contributed by atoms with E-state index in [-0.39, 0.29) is 5.75 Å². The number of aryl methyl sites for hydroxylation is 3. The fourth-order valence-electron chi connectivity index (χ4n) is 3.88. The maximum absolute atomic E-state index is 9.46. The highest BCUT2D eigenvalue weighted by molar-refractivity contribution is 7.07. The van der Waals surface area contributed by atoms with Crippen molar-refractivity contribution in [2.75, 3.05) is 0 Å². The smallest absolute Gasteiger partial charge is 0.215 e. The van der Waals surface area contributed by atoms with Crippen LogP contribution in [0.4, 0.5) is 0 Å². The van der Waals surface area contributed by atoms with Crippen molar-refractivity contribution in [1.82, 2.24) is 19.3 Å². The molecule has 2 heterocycles. The zero-order valence-electron chi connectivity index (χ0n) is 19.6. The molecule has 0 aliphatic heterocycles. The highest BCUT2D eigenvalue weighted by Crippen LogP contribution is 2.20. The van der Waals surface area contributed by atoms with E-state index in [9.17, 15) is 5.11 Å². The molecule has 174 valence electrons. The zero-order chi connectivity index (χ0) is 24.4. The number of para-hydroxylation sites is 1. The molecule has 5 aromatic rings. The molecule has 0 atom stereocenters. The molecule has 0 spiro atoms. The molecule has 0 bridgehead atoms. The molecule has 0 saturated heterocycles. The molecule has 0 fully saturated rings. The monoisotopic (exact) mass is 480 g/mol. The predicted octanol–water partition coefficient (Wildman–Crippen LogP) is 5.35. The summed E-state index contributed by atoms with van der Waals surface area (Å²) in [6.45, 7) is 6.31. The Morgan fingerprint density at radius 1 is 0.914 bits per heavy atom. The molecule has 5 rings (SSSR count). The second-order valence-electron chi connectivity index (χ2n) is 8.23. The maximum atomic E-state index is 9.46. The highest BCUT2D eigenvalue weighted by Gasteiger charge is 2.10. The van der Waals surface area contributed by atoms with E-state index in [4.69, 9.17) is 0 Å². The van der Waals surface area contributed by atoms with Crippen molar-refractivity contribution in [3.8, 4) is 28.5 Å². The number of rotatable bonds is 5. The Kier molecular flexibility index (Phi) is 6.12. The maximum Gasteiger partial charge on any atom is 0.215 e. The molecule has 0 aliphatic rings. The van der Waals surface area contributed by atoms with Crippen LogP contribution in [-0.2, 0) is 0 Å². The van der Waals surface area contributed by atoms with Gasteiger partial charge in [-0.15, -0.1) is 21.5 Å². The molecule has 0 amide bonds. The molecule has 7 nitrogen and oxygen atoms in total. The van der Waals surface area contributed by atoms with Crippen molar-refractivity contribution in [1.29, 1.82) is 0 Å². The summed E-state index contributed by atoms with van der Waals surface area (Å²) in [6, 6.07) is 21.0. The number of aromatic nitrogens is 4. The van der Waals surface area contributed by atoms with Gasteiger partial charge in [0.25, 0.3) is 0 Å². The Balaban J connectivity index is 1.36. The van der Waals surface area contributed by atoms with Crippen LogP contribution in [0, 0.1) is 20.8 Å². The van der Waals surface area contributed by atoms with E-state index in [0.717, 1.165) is 33.0 Å². The first-order chi connectivity index (χ1) is 17.0. The van der Waals surface area contributed by atoms with E-state index in [1.165, 1.54) is 11.1 Å². The summed E-state index contributed by atoms with van der Waals surface area (Å²) in [5, 5.41) is 25.0. The van der Waals surface area contributed by atoms with Crippen LogP contribution in [0.1, 0.15) is 22.4 Å². The third-order valence-electron chi connectivity index (χ3n) is 5.67. The molecule has 0 aliphatic carbocycles. The molecule has 3 aromatic carbocycles. The normalized spacial score (nSPS) is 12.0. The second-order valence-corrected chi connectivity index (χ2v) is 9.07. The van der Waals surface area contributed by atoms with Crippen LogP contribution in [0.2, 0.25) is 0 Å². The van der Waals surface area contributed by atoms with E-state index in [1.807, 2.05) is 24.3 Å². The van der Waals surface area contributed by atoms with E-state index < -0.39 is 0 Å². The van der Waals surface area contributed by atoms with Crippen molar-refractivity contribution >= 4 is 17.6 Å². The molecule has 35 heavy (non-hydrogen) atoms. The summed E-state index contributed by atoms with van der Waals surface area (Å²) in [7, 11) is 0. The van der Waals surface area contributed by atoms with E-state index >= 15 is 0 Å². The number of hydrogen-bond acceptors (Lipinski definition) is 6. The Hall–Kier alpha value is -4.30. The van der Waals surface area contributed by atoms with Gasteiger partial charge in [0, 0.05) is 16.6 Å². The third-order valence-corrected chi connectivity index (χ3v) is 6.60. The van der Waals surface area contributed by atoms with Crippen LogP contribution < -0.4 is 4.80 Å². The number of nitrogens with zero attached hydrogens (tertiary/aromatic N) is 6. The minimum atomic E-state index is 0.215. The van der Waals surface area contributed by atoms with Crippen molar-refractivity contribution in [2.45, 2.75) is 20.8 Å². The lowest BCUT2D eigenvalue weighted by molar-refractivity contribution is 0.475. The summed E-state index contributed by atoms with van der Waals surface area (Å²) in [4.78, 5) is 5.24. The Morgan fingerprint density at radius 3 is 2.34 bits per heavy atom. The summed E-state index contributed by atoms with van der Waals surface area (Å²) in [5.41, 5.74) is 7.35. The summed E-state index contributed by atoms with van der Waals surface area (Å²) in [6.07, 6.45) is 3.40. The quantitative estimate of drug-likeness (QED) is 0.272. The largest absolute Gasteiger partial charge is 0.508 e. The van der Waals surface area contributed by atoms with Crippen molar-refractivity contribution in [3.63, 3.8) is 0 Å². The van der Waals surface area contributed by atoms with Crippen LogP contribution in [0.3, 0.4) is 0 Å². The standard InChI is InChI=1S/C27H24N6OS/c1-18-5-4-6-19(2)25(18)33-20(3)16-35-27(33)30-29-15-21-7-9-22(10-8-21)26-28-17-32(31-26)23-11-13-24(34)14-12-23/h4-17,34H,1-3H3/b29-15+,30-27-. The minimum Gasteiger partial charge on any atom is -0.508 e. The molecular weight excluding hydrogens is 456 g/mol. The van der Waals surface area contributed by atoms with Gasteiger partial charge >= 0.3 is 0 Å². The Bertz CT molecular complexity index is 1550. The molecule has 1 N–H and O–H groups in total. The van der Waals surface area contributed by atoms with E-state index in [2.05, 4.69) is 69.2 Å². The average molecular weight is 481 g/mol. The first kappa shape index (κ1) is 22.5. The predicted molar refractivity (Wildman–Crippen MR) is 139 cm³/mol. The van der Waals surface area contributed by atoms with Gasteiger partial charge in [-0.25, -0.2) is 9.67 Å². The van der Waals surface area contributed by atoms with Gasteiger partial charge in [-0.1, -0.05) is 42.5 Å². The van der Waals surface area contributed by atoms with Crippen molar-refractivity contribution in [3.05, 3.63) is 106 Å². The third kappa shape index (κ3) is 4.69. The van der Waals surface area contributed by atoms with Crippen molar-refractivity contribution in [2.24, 2.45) is 10.2 Å². The van der Waals surface area contributed by atoms with E-state index in [1.54, 1.807) is 52.8 Å². The van der Waals surface area contributed by atoms with Gasteiger partial charge in [-0.2, -0.15) is 5.10 Å². The van der Waals surface area contributed by atoms with Crippen LogP contribution in [0.5, 0.6) is 5.75 Å². The van der Waals surface area contributed by atoms with Gasteiger partial charge in [0.15, 0.2) is 5.82 Å². The minimum absolute atomic E-state index is 0.215. The van der Waals surface area contributed by atoms with Crippen LogP contribution in [0.15, 0.2) is 88.6 Å². The first-order valence-corrected chi connectivity index (χ1v) is 12.0. The topological polar surface area (TPSA) is 80.6 Å².